The summed E-state index contributed by atoms with van der Waals surface area (Å²) in [7, 11) is 0. The quantitative estimate of drug-likeness (QED) is 0.532. The normalized spacial score (nSPS) is 18.0. The van der Waals surface area contributed by atoms with Gasteiger partial charge in [-0.3, -0.25) is 9.59 Å². The molecule has 2 N–H and O–H groups in total. The van der Waals surface area contributed by atoms with E-state index >= 15 is 0 Å². The minimum Gasteiger partial charge on any atom is -0.372 e. The summed E-state index contributed by atoms with van der Waals surface area (Å²) in [4.78, 5) is 35.9. The Hall–Kier alpha value is -2.54. The molecule has 2 heterocycles. The molecule has 0 radical (unpaired) electrons. The average molecular weight is 425 g/mol. The van der Waals surface area contributed by atoms with Gasteiger partial charge in [-0.1, -0.05) is 30.8 Å². The Morgan fingerprint density at radius 1 is 1.10 bits per heavy atom. The molecule has 0 bridgehead atoms. The van der Waals surface area contributed by atoms with Crippen LogP contribution >= 0.6 is 11.8 Å². The molecule has 1 atom stereocenters. The minimum atomic E-state index is -0.383. The molecule has 0 amide bonds. The smallest absolute Gasteiger partial charge is 0.257 e. The van der Waals surface area contributed by atoms with Crippen molar-refractivity contribution in [3.8, 4) is 0 Å². The SMILES string of the molecule is CCSc1nc2c(c(=O)[nH]1)[C@H](c1ccc(N(CC)CC)cc1)C1=C(CCCC1=O)N2. The zero-order valence-corrected chi connectivity index (χ0v) is 18.6. The third-order valence-electron chi connectivity index (χ3n) is 5.87. The van der Waals surface area contributed by atoms with Gasteiger partial charge in [0.05, 0.1) is 5.56 Å². The molecule has 0 saturated heterocycles. The number of hydrogen-bond acceptors (Lipinski definition) is 6. The second-order valence-electron chi connectivity index (χ2n) is 7.56. The Labute approximate surface area is 181 Å². The van der Waals surface area contributed by atoms with Crippen LogP contribution in [0.2, 0.25) is 0 Å². The third kappa shape index (κ3) is 3.67. The lowest BCUT2D eigenvalue weighted by Gasteiger charge is -2.33. The highest BCUT2D eigenvalue weighted by Gasteiger charge is 2.37. The summed E-state index contributed by atoms with van der Waals surface area (Å²) in [5, 5.41) is 3.93. The predicted octanol–water partition coefficient (Wildman–Crippen LogP) is 4.29. The number of aromatic amines is 1. The Bertz CT molecular complexity index is 1040. The lowest BCUT2D eigenvalue weighted by atomic mass is 9.76. The van der Waals surface area contributed by atoms with Gasteiger partial charge >= 0.3 is 0 Å². The van der Waals surface area contributed by atoms with Gasteiger partial charge in [0.15, 0.2) is 10.9 Å². The summed E-state index contributed by atoms with van der Waals surface area (Å²) >= 11 is 1.50. The van der Waals surface area contributed by atoms with Crippen molar-refractivity contribution >= 4 is 29.1 Å². The number of H-pyrrole nitrogens is 1. The van der Waals surface area contributed by atoms with Crippen molar-refractivity contribution in [2.45, 2.75) is 51.1 Å². The Balaban J connectivity index is 1.85. The molecular formula is C23H28N4O2S. The van der Waals surface area contributed by atoms with Gasteiger partial charge in [-0.15, -0.1) is 0 Å². The maximum atomic E-state index is 13.1. The van der Waals surface area contributed by atoms with Crippen molar-refractivity contribution in [2.24, 2.45) is 0 Å². The molecule has 2 aromatic rings. The van der Waals surface area contributed by atoms with E-state index in [4.69, 9.17) is 0 Å². The van der Waals surface area contributed by atoms with Crippen molar-refractivity contribution < 1.29 is 4.79 Å². The van der Waals surface area contributed by atoms with Gasteiger partial charge in [-0.05, 0) is 50.1 Å². The first kappa shape index (κ1) is 20.7. The van der Waals surface area contributed by atoms with E-state index in [1.54, 1.807) is 0 Å². The molecule has 1 aliphatic carbocycles. The van der Waals surface area contributed by atoms with E-state index in [0.717, 1.165) is 54.2 Å². The second-order valence-corrected chi connectivity index (χ2v) is 8.81. The number of carbonyl (C=O) groups excluding carboxylic acids is 1. The number of ketones is 1. The molecule has 0 saturated carbocycles. The van der Waals surface area contributed by atoms with Gasteiger partial charge in [0, 0.05) is 42.4 Å². The van der Waals surface area contributed by atoms with Crippen molar-refractivity contribution in [3.05, 3.63) is 57.0 Å². The first-order valence-corrected chi connectivity index (χ1v) is 11.7. The van der Waals surface area contributed by atoms with Crippen LogP contribution in [0.4, 0.5) is 11.5 Å². The number of aromatic nitrogens is 2. The fourth-order valence-electron chi connectivity index (χ4n) is 4.45. The number of Topliss-reactive ketones (excluding diaryl/α,β-unsaturated/α-hetero) is 1. The molecule has 4 rings (SSSR count). The van der Waals surface area contributed by atoms with E-state index in [2.05, 4.69) is 46.2 Å². The summed E-state index contributed by atoms with van der Waals surface area (Å²) in [6.07, 6.45) is 2.16. The van der Waals surface area contributed by atoms with Crippen LogP contribution in [0.1, 0.15) is 57.1 Å². The van der Waals surface area contributed by atoms with E-state index < -0.39 is 0 Å². The van der Waals surface area contributed by atoms with Crippen LogP contribution < -0.4 is 15.8 Å². The number of nitrogens with one attached hydrogen (secondary N) is 2. The van der Waals surface area contributed by atoms with Crippen LogP contribution in [0.15, 0.2) is 45.5 Å². The van der Waals surface area contributed by atoms with Crippen molar-refractivity contribution in [1.82, 2.24) is 9.97 Å². The lowest BCUT2D eigenvalue weighted by molar-refractivity contribution is -0.116. The largest absolute Gasteiger partial charge is 0.372 e. The number of carbonyl (C=O) groups is 1. The number of nitrogens with zero attached hydrogens (tertiary/aromatic N) is 2. The number of allylic oxidation sites excluding steroid dienone is 2. The van der Waals surface area contributed by atoms with E-state index in [-0.39, 0.29) is 17.3 Å². The van der Waals surface area contributed by atoms with Gasteiger partial charge in [0.1, 0.15) is 5.82 Å². The molecule has 0 unspecified atom stereocenters. The van der Waals surface area contributed by atoms with E-state index in [0.29, 0.717) is 23.0 Å². The van der Waals surface area contributed by atoms with E-state index in [1.165, 1.54) is 11.8 Å². The van der Waals surface area contributed by atoms with Crippen LogP contribution in [0.3, 0.4) is 0 Å². The van der Waals surface area contributed by atoms with Gasteiger partial charge in [-0.25, -0.2) is 4.98 Å². The lowest BCUT2D eigenvalue weighted by Crippen LogP contribution is -2.32. The molecule has 6 nitrogen and oxygen atoms in total. The monoisotopic (exact) mass is 424 g/mol. The fraction of sp³-hybridized carbons (Fsp3) is 0.435. The van der Waals surface area contributed by atoms with E-state index in [1.807, 2.05) is 19.1 Å². The number of anilines is 2. The van der Waals surface area contributed by atoms with E-state index in [9.17, 15) is 9.59 Å². The van der Waals surface area contributed by atoms with Crippen molar-refractivity contribution in [2.75, 3.05) is 29.1 Å². The van der Waals surface area contributed by atoms with Gasteiger partial charge in [0.2, 0.25) is 0 Å². The van der Waals surface area contributed by atoms with Crippen LogP contribution in [0.5, 0.6) is 0 Å². The van der Waals surface area contributed by atoms with Crippen molar-refractivity contribution in [1.29, 1.82) is 0 Å². The zero-order valence-electron chi connectivity index (χ0n) is 17.7. The number of fused-ring (bicyclic) bond motifs is 1. The first-order valence-electron chi connectivity index (χ1n) is 10.7. The maximum absolute atomic E-state index is 13.1. The molecule has 1 aliphatic heterocycles. The molecule has 0 spiro atoms. The predicted molar refractivity (Wildman–Crippen MR) is 123 cm³/mol. The summed E-state index contributed by atoms with van der Waals surface area (Å²) in [6, 6.07) is 8.27. The van der Waals surface area contributed by atoms with Crippen molar-refractivity contribution in [3.63, 3.8) is 0 Å². The molecule has 1 aromatic carbocycles. The Morgan fingerprint density at radius 3 is 2.50 bits per heavy atom. The number of thioether (sulfide) groups is 1. The third-order valence-corrected chi connectivity index (χ3v) is 6.63. The molecule has 158 valence electrons. The van der Waals surface area contributed by atoms with Gasteiger partial charge < -0.3 is 15.2 Å². The minimum absolute atomic E-state index is 0.124. The standard InChI is InChI=1S/C23H28N4O2S/c1-4-27(5-2)15-12-10-14(11-13-15)18-19-16(8-7-9-17(19)28)24-21-20(18)22(29)26-23(25-21)30-6-3/h10-13,18H,4-9H2,1-3H3,(H2,24,25,26,29)/t18-/m1/s1. The van der Waals surface area contributed by atoms with Crippen LogP contribution in [0, 0.1) is 0 Å². The number of hydrogen-bond donors (Lipinski definition) is 2. The average Bonchev–Trinajstić information content (AvgIpc) is 2.74. The summed E-state index contributed by atoms with van der Waals surface area (Å²) in [6.45, 7) is 8.16. The summed E-state index contributed by atoms with van der Waals surface area (Å²) in [5.74, 6) is 1.15. The number of benzene rings is 1. The molecular weight excluding hydrogens is 396 g/mol. The number of rotatable bonds is 6. The highest BCUT2D eigenvalue weighted by atomic mass is 32.2. The zero-order chi connectivity index (χ0) is 21.3. The molecule has 1 aromatic heterocycles. The highest BCUT2D eigenvalue weighted by Crippen LogP contribution is 2.43. The maximum Gasteiger partial charge on any atom is 0.257 e. The molecule has 30 heavy (non-hydrogen) atoms. The summed E-state index contributed by atoms with van der Waals surface area (Å²) in [5.41, 5.74) is 4.12. The first-order chi connectivity index (χ1) is 14.6. The summed E-state index contributed by atoms with van der Waals surface area (Å²) < 4.78 is 0. The Morgan fingerprint density at radius 2 is 1.83 bits per heavy atom. The van der Waals surface area contributed by atoms with Gasteiger partial charge in [0.25, 0.3) is 5.56 Å². The molecule has 0 fully saturated rings. The van der Waals surface area contributed by atoms with Crippen LogP contribution in [-0.2, 0) is 4.79 Å². The fourth-order valence-corrected chi connectivity index (χ4v) is 5.04. The molecule has 2 aliphatic rings. The van der Waals surface area contributed by atoms with Crippen LogP contribution in [0.25, 0.3) is 0 Å². The molecule has 7 heteroatoms. The van der Waals surface area contributed by atoms with Gasteiger partial charge in [-0.2, -0.15) is 0 Å². The Kier molecular flexibility index (Phi) is 5.99. The van der Waals surface area contributed by atoms with Crippen LogP contribution in [-0.4, -0.2) is 34.6 Å². The topological polar surface area (TPSA) is 78.1 Å². The second kappa shape index (κ2) is 8.68. The highest BCUT2D eigenvalue weighted by molar-refractivity contribution is 7.99.